The first-order valence-electron chi connectivity index (χ1n) is 8.76. The van der Waals surface area contributed by atoms with Gasteiger partial charge in [-0.15, -0.1) is 11.3 Å². The number of anilines is 1. The van der Waals surface area contributed by atoms with Crippen molar-refractivity contribution in [2.45, 2.75) is 31.7 Å². The molecule has 3 heterocycles. The van der Waals surface area contributed by atoms with E-state index >= 15 is 0 Å². The summed E-state index contributed by atoms with van der Waals surface area (Å²) in [6.07, 6.45) is 1.50. The fourth-order valence-corrected chi connectivity index (χ4v) is 4.08. The highest BCUT2D eigenvalue weighted by Gasteiger charge is 2.54. The highest BCUT2D eigenvalue weighted by molar-refractivity contribution is 7.84. The number of nitrogens with one attached hydrogen (secondary N) is 1. The van der Waals surface area contributed by atoms with Crippen LogP contribution in [-0.2, 0) is 31.3 Å². The van der Waals surface area contributed by atoms with E-state index in [1.54, 1.807) is 0 Å². The fourth-order valence-electron chi connectivity index (χ4n) is 2.66. The Kier molecular flexibility index (Phi) is 6.42. The van der Waals surface area contributed by atoms with Gasteiger partial charge in [0.05, 0.1) is 12.6 Å². The molecule has 1 aliphatic heterocycles. The van der Waals surface area contributed by atoms with Crippen LogP contribution in [0.1, 0.15) is 12.6 Å². The number of amides is 2. The van der Waals surface area contributed by atoms with Crippen LogP contribution in [0.4, 0.5) is 5.13 Å². The maximum absolute atomic E-state index is 12.9. The molecule has 0 radical (unpaired) electrons. The van der Waals surface area contributed by atoms with Crippen molar-refractivity contribution in [2.75, 3.05) is 5.73 Å². The summed E-state index contributed by atoms with van der Waals surface area (Å²) in [6.45, 7) is 4.53. The molecule has 0 bridgehead atoms. The van der Waals surface area contributed by atoms with E-state index in [9.17, 15) is 27.7 Å². The number of hydrogen-bond donors (Lipinski definition) is 4. The molecule has 3 rings (SSSR count). The molecule has 1 fully saturated rings. The first kappa shape index (κ1) is 23.1. The average Bonchev–Trinajstić information content (AvgIpc) is 3.36. The van der Waals surface area contributed by atoms with Gasteiger partial charge in [-0.3, -0.25) is 18.8 Å². The first-order chi connectivity index (χ1) is 15.0. The number of nitrogens with zero attached hydrogens (tertiary/aromatic N) is 6. The molecule has 2 amide bonds. The van der Waals surface area contributed by atoms with E-state index in [4.69, 9.17) is 10.6 Å². The molecule has 2 unspecified atom stereocenters. The molecule has 0 aliphatic carbocycles. The van der Waals surface area contributed by atoms with Gasteiger partial charge in [0.1, 0.15) is 30.1 Å². The van der Waals surface area contributed by atoms with Gasteiger partial charge < -0.3 is 21.0 Å². The molecule has 3 atom stereocenters. The SMILES string of the molecule is C=C(O)[C@@H](C)O/N=C(\C(=O)NC1C(=O)N(S(=O)(=O)O)C1Cn1cncn1)c1csc(N)n1. The molecule has 2 aromatic rings. The van der Waals surface area contributed by atoms with Crippen molar-refractivity contribution >= 4 is 44.3 Å². The van der Waals surface area contributed by atoms with E-state index in [1.165, 1.54) is 29.6 Å². The van der Waals surface area contributed by atoms with Gasteiger partial charge in [-0.2, -0.15) is 13.5 Å². The lowest BCUT2D eigenvalue weighted by molar-refractivity contribution is -0.145. The lowest BCUT2D eigenvalue weighted by Gasteiger charge is -2.43. The minimum atomic E-state index is -4.89. The molecule has 17 heteroatoms. The smallest absolute Gasteiger partial charge is 0.362 e. The number of carbonyl (C=O) groups is 2. The Bertz CT molecular complexity index is 1160. The van der Waals surface area contributed by atoms with Crippen molar-refractivity contribution in [3.8, 4) is 0 Å². The van der Waals surface area contributed by atoms with Crippen LogP contribution < -0.4 is 11.1 Å². The van der Waals surface area contributed by atoms with Gasteiger partial charge in [-0.1, -0.05) is 11.7 Å². The van der Waals surface area contributed by atoms with Crippen molar-refractivity contribution in [3.63, 3.8) is 0 Å². The zero-order valence-corrected chi connectivity index (χ0v) is 18.0. The van der Waals surface area contributed by atoms with Crippen LogP contribution in [0.25, 0.3) is 0 Å². The van der Waals surface area contributed by atoms with Crippen molar-refractivity contribution in [2.24, 2.45) is 5.16 Å². The van der Waals surface area contributed by atoms with Crippen LogP contribution >= 0.6 is 11.3 Å². The lowest BCUT2D eigenvalue weighted by atomic mass is 9.98. The Hall–Kier alpha value is -3.57. The number of oxime groups is 1. The molecule has 5 N–H and O–H groups in total. The summed E-state index contributed by atoms with van der Waals surface area (Å²) in [5.74, 6) is -2.36. The second-order valence-electron chi connectivity index (χ2n) is 6.50. The molecule has 32 heavy (non-hydrogen) atoms. The van der Waals surface area contributed by atoms with Crippen molar-refractivity contribution < 1.29 is 32.5 Å². The Morgan fingerprint density at radius 1 is 1.53 bits per heavy atom. The van der Waals surface area contributed by atoms with Gasteiger partial charge in [0.15, 0.2) is 16.9 Å². The molecule has 172 valence electrons. The van der Waals surface area contributed by atoms with Crippen LogP contribution in [0.3, 0.4) is 0 Å². The van der Waals surface area contributed by atoms with Crippen molar-refractivity contribution in [3.05, 3.63) is 36.1 Å². The van der Waals surface area contributed by atoms with Gasteiger partial charge in [-0.05, 0) is 6.92 Å². The zero-order chi connectivity index (χ0) is 23.6. The first-order valence-corrected chi connectivity index (χ1v) is 11.0. The topological polar surface area (TPSA) is 215 Å². The number of aromatic nitrogens is 4. The maximum Gasteiger partial charge on any atom is 0.362 e. The second-order valence-corrected chi connectivity index (χ2v) is 8.68. The van der Waals surface area contributed by atoms with Crippen LogP contribution in [0.2, 0.25) is 0 Å². The minimum Gasteiger partial charge on any atom is -0.509 e. The van der Waals surface area contributed by atoms with Crippen LogP contribution in [0, 0.1) is 0 Å². The summed E-state index contributed by atoms with van der Waals surface area (Å²) in [7, 11) is -4.89. The van der Waals surface area contributed by atoms with E-state index in [2.05, 4.69) is 32.1 Å². The summed E-state index contributed by atoms with van der Waals surface area (Å²) in [5.41, 5.74) is 5.23. The number of aliphatic hydroxyl groups is 1. The summed E-state index contributed by atoms with van der Waals surface area (Å²) in [4.78, 5) is 38.0. The Morgan fingerprint density at radius 3 is 2.78 bits per heavy atom. The quantitative estimate of drug-likeness (QED) is 0.107. The highest BCUT2D eigenvalue weighted by atomic mass is 32.2. The predicted molar refractivity (Wildman–Crippen MR) is 110 cm³/mol. The predicted octanol–water partition coefficient (Wildman–Crippen LogP) is -1.30. The van der Waals surface area contributed by atoms with E-state index in [-0.39, 0.29) is 33.1 Å². The van der Waals surface area contributed by atoms with Crippen molar-refractivity contribution in [1.29, 1.82) is 0 Å². The van der Waals surface area contributed by atoms with Gasteiger partial charge in [-0.25, -0.2) is 14.3 Å². The number of β-lactam (4-membered cyclic amide) rings is 1. The maximum atomic E-state index is 12.9. The standard InChI is InChI=1S/C15H18N8O7S2/c1-7(24)8(2)30-21-11(9-4-31-15(16)19-9)13(25)20-12-10(3-22-6-17-5-18-22)23(14(12)26)32(27,28)29/h4-6,8,10,12,24H,1,3H2,2H3,(H2,16,19)(H,20,25)(H,27,28,29)/b21-11-/t8-,10?,12?/m1/s1. The third kappa shape index (κ3) is 4.84. The van der Waals surface area contributed by atoms with Crippen LogP contribution in [0.15, 0.2) is 35.5 Å². The molecule has 0 spiro atoms. The fraction of sp³-hybridized carbons (Fsp3) is 0.333. The molecular formula is C15H18N8O7S2. The third-order valence-corrected chi connectivity index (χ3v) is 5.92. The Balaban J connectivity index is 1.85. The number of carbonyl (C=O) groups excluding carboxylic acids is 2. The number of hydrogen-bond acceptors (Lipinski definition) is 12. The summed E-state index contributed by atoms with van der Waals surface area (Å²) in [5, 5.41) is 20.8. The average molecular weight is 486 g/mol. The number of aliphatic hydroxyl groups excluding tert-OH is 1. The number of nitrogen functional groups attached to an aromatic ring is 1. The normalized spacial score (nSPS) is 19.9. The van der Waals surface area contributed by atoms with Crippen molar-refractivity contribution in [1.82, 2.24) is 29.4 Å². The highest BCUT2D eigenvalue weighted by Crippen LogP contribution is 2.25. The van der Waals surface area contributed by atoms with E-state index in [0.29, 0.717) is 0 Å². The van der Waals surface area contributed by atoms with Gasteiger partial charge >= 0.3 is 10.3 Å². The second kappa shape index (κ2) is 8.89. The Labute approximate surface area is 185 Å². The number of thiazole rings is 1. The monoisotopic (exact) mass is 486 g/mol. The largest absolute Gasteiger partial charge is 0.509 e. The van der Waals surface area contributed by atoms with E-state index < -0.39 is 40.3 Å². The van der Waals surface area contributed by atoms with Gasteiger partial charge in [0.2, 0.25) is 0 Å². The van der Waals surface area contributed by atoms with Crippen LogP contribution in [0.5, 0.6) is 0 Å². The number of nitrogens with two attached hydrogens (primary N) is 1. The summed E-state index contributed by atoms with van der Waals surface area (Å²) < 4.78 is 34.0. The minimum absolute atomic E-state index is 0.0204. The molecule has 2 aromatic heterocycles. The summed E-state index contributed by atoms with van der Waals surface area (Å²) in [6, 6.07) is -2.54. The van der Waals surface area contributed by atoms with Crippen LogP contribution in [-0.4, -0.2) is 77.8 Å². The molecule has 15 nitrogen and oxygen atoms in total. The van der Waals surface area contributed by atoms with E-state index in [0.717, 1.165) is 11.3 Å². The molecular weight excluding hydrogens is 468 g/mol. The lowest BCUT2D eigenvalue weighted by Crippen LogP contribution is -2.73. The Morgan fingerprint density at radius 2 is 2.25 bits per heavy atom. The third-order valence-electron chi connectivity index (χ3n) is 4.30. The zero-order valence-electron chi connectivity index (χ0n) is 16.4. The summed E-state index contributed by atoms with van der Waals surface area (Å²) >= 11 is 1.01. The number of rotatable bonds is 9. The molecule has 1 saturated heterocycles. The molecule has 1 aliphatic rings. The van der Waals surface area contributed by atoms with Gasteiger partial charge in [0.25, 0.3) is 11.8 Å². The van der Waals surface area contributed by atoms with E-state index in [1.807, 2.05) is 0 Å². The molecule has 0 aromatic carbocycles. The molecule has 0 saturated carbocycles. The van der Waals surface area contributed by atoms with Gasteiger partial charge in [0, 0.05) is 5.38 Å².